The molecule has 3 rings (SSSR count). The lowest BCUT2D eigenvalue weighted by Crippen LogP contribution is -2.24. The lowest BCUT2D eigenvalue weighted by Gasteiger charge is -2.23. The van der Waals surface area contributed by atoms with Gasteiger partial charge in [0.15, 0.2) is 5.82 Å². The van der Waals surface area contributed by atoms with E-state index >= 15 is 0 Å². The van der Waals surface area contributed by atoms with Gasteiger partial charge in [0.25, 0.3) is 0 Å². The molecule has 1 saturated heterocycles. The summed E-state index contributed by atoms with van der Waals surface area (Å²) in [6.07, 6.45) is 4.69. The van der Waals surface area contributed by atoms with Crippen molar-refractivity contribution in [2.75, 3.05) is 11.4 Å². The van der Waals surface area contributed by atoms with Crippen molar-refractivity contribution in [2.45, 2.75) is 52.0 Å². The SMILES string of the molecule is CCc1cc(N2CCC[C@H]2c2noc(C(C)C)n2)ncn1. The Morgan fingerprint density at radius 3 is 2.95 bits per heavy atom. The predicted molar refractivity (Wildman–Crippen MR) is 79.1 cm³/mol. The summed E-state index contributed by atoms with van der Waals surface area (Å²) >= 11 is 0. The summed E-state index contributed by atoms with van der Waals surface area (Å²) in [7, 11) is 0. The Bertz CT molecular complexity index is 610. The molecule has 2 aromatic rings. The number of aromatic nitrogens is 4. The van der Waals surface area contributed by atoms with Crippen LogP contribution in [-0.2, 0) is 6.42 Å². The van der Waals surface area contributed by atoms with Crippen molar-refractivity contribution in [1.82, 2.24) is 20.1 Å². The number of hydrogen-bond acceptors (Lipinski definition) is 6. The molecule has 0 N–H and O–H groups in total. The van der Waals surface area contributed by atoms with Crippen LogP contribution < -0.4 is 4.90 Å². The molecule has 1 fully saturated rings. The Morgan fingerprint density at radius 1 is 1.38 bits per heavy atom. The maximum Gasteiger partial charge on any atom is 0.229 e. The molecule has 1 aliphatic heterocycles. The minimum Gasteiger partial charge on any atom is -0.346 e. The van der Waals surface area contributed by atoms with Gasteiger partial charge in [0.2, 0.25) is 5.89 Å². The Hall–Kier alpha value is -1.98. The normalized spacial score (nSPS) is 18.7. The average Bonchev–Trinajstić information content (AvgIpc) is 3.15. The zero-order valence-corrected chi connectivity index (χ0v) is 12.8. The minimum atomic E-state index is 0.154. The fourth-order valence-electron chi connectivity index (χ4n) is 2.66. The zero-order chi connectivity index (χ0) is 14.8. The van der Waals surface area contributed by atoms with Gasteiger partial charge < -0.3 is 9.42 Å². The molecule has 3 heterocycles. The van der Waals surface area contributed by atoms with Crippen molar-refractivity contribution in [1.29, 1.82) is 0 Å². The van der Waals surface area contributed by atoms with Crippen LogP contribution in [0.1, 0.15) is 63.0 Å². The van der Waals surface area contributed by atoms with Crippen LogP contribution in [0.15, 0.2) is 16.9 Å². The van der Waals surface area contributed by atoms with Crippen LogP contribution in [0.3, 0.4) is 0 Å². The maximum absolute atomic E-state index is 5.35. The highest BCUT2D eigenvalue weighted by Crippen LogP contribution is 2.34. The second kappa shape index (κ2) is 5.79. The van der Waals surface area contributed by atoms with Gasteiger partial charge in [-0.25, -0.2) is 9.97 Å². The van der Waals surface area contributed by atoms with Gasteiger partial charge in [-0.2, -0.15) is 4.98 Å². The summed E-state index contributed by atoms with van der Waals surface area (Å²) in [5.74, 6) is 2.69. The second-order valence-electron chi connectivity index (χ2n) is 5.72. The van der Waals surface area contributed by atoms with Crippen LogP contribution in [0, 0.1) is 0 Å². The molecule has 0 aromatic carbocycles. The Morgan fingerprint density at radius 2 is 2.24 bits per heavy atom. The molecule has 0 radical (unpaired) electrons. The molecule has 0 aliphatic carbocycles. The highest BCUT2D eigenvalue weighted by molar-refractivity contribution is 5.42. The number of aryl methyl sites for hydroxylation is 1. The molecule has 6 heteroatoms. The number of hydrogen-bond donors (Lipinski definition) is 0. The maximum atomic E-state index is 5.35. The molecule has 0 saturated carbocycles. The monoisotopic (exact) mass is 287 g/mol. The topological polar surface area (TPSA) is 67.9 Å². The fourth-order valence-corrected chi connectivity index (χ4v) is 2.66. The molecule has 6 nitrogen and oxygen atoms in total. The molecule has 112 valence electrons. The van der Waals surface area contributed by atoms with Crippen molar-refractivity contribution in [2.24, 2.45) is 0 Å². The highest BCUT2D eigenvalue weighted by atomic mass is 16.5. The van der Waals surface area contributed by atoms with Crippen LogP contribution in [0.25, 0.3) is 0 Å². The summed E-state index contributed by atoms with van der Waals surface area (Å²) in [5, 5.41) is 4.17. The predicted octanol–water partition coefficient (Wildman–Crippen LogP) is 2.89. The van der Waals surface area contributed by atoms with Crippen LogP contribution >= 0.6 is 0 Å². The average molecular weight is 287 g/mol. The van der Waals surface area contributed by atoms with E-state index in [-0.39, 0.29) is 12.0 Å². The summed E-state index contributed by atoms with van der Waals surface area (Å²) in [6, 6.07) is 2.21. The summed E-state index contributed by atoms with van der Waals surface area (Å²) < 4.78 is 5.35. The van der Waals surface area contributed by atoms with Gasteiger partial charge in [0.05, 0.1) is 6.04 Å². The van der Waals surface area contributed by atoms with Crippen molar-refractivity contribution >= 4 is 5.82 Å². The second-order valence-corrected chi connectivity index (χ2v) is 5.72. The summed E-state index contributed by atoms with van der Waals surface area (Å²) in [5.41, 5.74) is 1.06. The van der Waals surface area contributed by atoms with E-state index in [2.05, 4.69) is 51.8 Å². The van der Waals surface area contributed by atoms with Crippen LogP contribution in [0.4, 0.5) is 5.82 Å². The van der Waals surface area contributed by atoms with Crippen LogP contribution in [0.2, 0.25) is 0 Å². The summed E-state index contributed by atoms with van der Waals surface area (Å²) in [4.78, 5) is 15.5. The molecule has 21 heavy (non-hydrogen) atoms. The first-order chi connectivity index (χ1) is 10.2. The molecular formula is C15H21N5O. The molecule has 0 amide bonds. The first-order valence-electron chi connectivity index (χ1n) is 7.60. The number of rotatable bonds is 4. The van der Waals surface area contributed by atoms with E-state index in [1.165, 1.54) is 0 Å². The standard InChI is InChI=1S/C15H21N5O/c1-4-11-8-13(17-9-16-11)20-7-5-6-12(20)14-18-15(10(2)3)21-19-14/h8-10,12H,4-7H2,1-3H3/t12-/m0/s1. The van der Waals surface area contributed by atoms with Crippen molar-refractivity contribution in [3.05, 3.63) is 29.8 Å². The molecular weight excluding hydrogens is 266 g/mol. The third-order valence-electron chi connectivity index (χ3n) is 3.87. The van der Waals surface area contributed by atoms with E-state index in [9.17, 15) is 0 Å². The van der Waals surface area contributed by atoms with Crippen molar-refractivity contribution in [3.63, 3.8) is 0 Å². The molecule has 0 spiro atoms. The molecule has 0 bridgehead atoms. The lowest BCUT2D eigenvalue weighted by atomic mass is 10.2. The Labute approximate surface area is 124 Å². The third-order valence-corrected chi connectivity index (χ3v) is 3.87. The van der Waals surface area contributed by atoms with Gasteiger partial charge >= 0.3 is 0 Å². The summed E-state index contributed by atoms with van der Waals surface area (Å²) in [6.45, 7) is 7.18. The van der Waals surface area contributed by atoms with Crippen LogP contribution in [0.5, 0.6) is 0 Å². The first-order valence-corrected chi connectivity index (χ1v) is 7.60. The van der Waals surface area contributed by atoms with Gasteiger partial charge in [-0.05, 0) is 19.3 Å². The Kier molecular flexibility index (Phi) is 3.86. The van der Waals surface area contributed by atoms with Gasteiger partial charge in [-0.15, -0.1) is 0 Å². The molecule has 1 aliphatic rings. The van der Waals surface area contributed by atoms with E-state index in [0.29, 0.717) is 5.89 Å². The Balaban J connectivity index is 1.87. The first kappa shape index (κ1) is 14.0. The zero-order valence-electron chi connectivity index (χ0n) is 12.8. The van der Waals surface area contributed by atoms with Gasteiger partial charge in [-0.1, -0.05) is 25.9 Å². The van der Waals surface area contributed by atoms with E-state index in [1.54, 1.807) is 6.33 Å². The van der Waals surface area contributed by atoms with Gasteiger partial charge in [0, 0.05) is 24.2 Å². The van der Waals surface area contributed by atoms with Gasteiger partial charge in [-0.3, -0.25) is 0 Å². The number of nitrogens with zero attached hydrogens (tertiary/aromatic N) is 5. The fraction of sp³-hybridized carbons (Fsp3) is 0.600. The largest absolute Gasteiger partial charge is 0.346 e. The van der Waals surface area contributed by atoms with E-state index < -0.39 is 0 Å². The molecule has 2 aromatic heterocycles. The molecule has 1 atom stereocenters. The van der Waals surface area contributed by atoms with E-state index in [1.807, 2.05) is 0 Å². The molecule has 0 unspecified atom stereocenters. The highest BCUT2D eigenvalue weighted by Gasteiger charge is 2.31. The minimum absolute atomic E-state index is 0.154. The lowest BCUT2D eigenvalue weighted by molar-refractivity contribution is 0.358. The third kappa shape index (κ3) is 2.75. The van der Waals surface area contributed by atoms with Gasteiger partial charge in [0.1, 0.15) is 12.1 Å². The smallest absolute Gasteiger partial charge is 0.229 e. The number of anilines is 1. The quantitative estimate of drug-likeness (QED) is 0.861. The van der Waals surface area contributed by atoms with Crippen LogP contribution in [-0.4, -0.2) is 26.7 Å². The van der Waals surface area contributed by atoms with Crippen molar-refractivity contribution in [3.8, 4) is 0 Å². The van der Waals surface area contributed by atoms with E-state index in [0.717, 1.165) is 43.1 Å². The van der Waals surface area contributed by atoms with Crippen molar-refractivity contribution < 1.29 is 4.52 Å². The van der Waals surface area contributed by atoms with E-state index in [4.69, 9.17) is 4.52 Å².